The van der Waals surface area contributed by atoms with E-state index in [1.54, 1.807) is 16.7 Å². The van der Waals surface area contributed by atoms with E-state index < -0.39 is 12.0 Å². The highest BCUT2D eigenvalue weighted by Gasteiger charge is 2.37. The number of para-hydroxylation sites is 1. The summed E-state index contributed by atoms with van der Waals surface area (Å²) in [6.07, 6.45) is -3.72. The van der Waals surface area contributed by atoms with Gasteiger partial charge in [-0.15, -0.1) is 22.0 Å². The number of alkyl halides is 3. The second kappa shape index (κ2) is 7.51. The monoisotopic (exact) mass is 402 g/mol. The summed E-state index contributed by atoms with van der Waals surface area (Å²) in [7, 11) is 1.25. The van der Waals surface area contributed by atoms with Crippen LogP contribution in [0.5, 0.6) is 0 Å². The zero-order valence-electron chi connectivity index (χ0n) is 14.2. The van der Waals surface area contributed by atoms with E-state index in [9.17, 15) is 18.0 Å². The van der Waals surface area contributed by atoms with Gasteiger partial charge in [0, 0.05) is 23.7 Å². The van der Waals surface area contributed by atoms with E-state index in [0.717, 1.165) is 33.3 Å². The molecule has 1 aromatic carbocycles. The van der Waals surface area contributed by atoms with Crippen molar-refractivity contribution in [1.82, 2.24) is 14.8 Å². The molecule has 0 aliphatic carbocycles. The molecule has 0 bridgehead atoms. The Kier molecular flexibility index (Phi) is 5.52. The molecular formula is C16H17F3N4OS2. The summed E-state index contributed by atoms with van der Waals surface area (Å²) in [5, 5.41) is 7.18. The smallest absolute Gasteiger partial charge is 0.311 e. The molecule has 3 rings (SSSR count). The molecule has 1 amide bonds. The summed E-state index contributed by atoms with van der Waals surface area (Å²) in [5.41, 5.74) is 0.849. The van der Waals surface area contributed by atoms with Crippen molar-refractivity contribution in [2.45, 2.75) is 34.8 Å². The third-order valence-corrected chi connectivity index (χ3v) is 6.20. The summed E-state index contributed by atoms with van der Waals surface area (Å²) >= 11 is 2.68. The summed E-state index contributed by atoms with van der Waals surface area (Å²) < 4.78 is 39.2. The largest absolute Gasteiger partial charge is 0.451 e. The Hall–Kier alpha value is -1.68. The first-order chi connectivity index (χ1) is 12.3. The number of rotatable bonds is 3. The molecule has 0 fully saturated rings. The molecule has 0 unspecified atom stereocenters. The van der Waals surface area contributed by atoms with E-state index in [-0.39, 0.29) is 16.8 Å². The minimum atomic E-state index is -4.57. The standard InChI is InChI=1S/C16H17F3N4OS2/c1-10-7-8-23(11-5-3-4-6-12(11)26-10)13(24)9-25-15-21-20-14(22(15)2)16(17,18)19/h3-6,10H,7-9H2,1-2H3/t10-/m1/s1. The van der Waals surface area contributed by atoms with Crippen LogP contribution in [0.2, 0.25) is 0 Å². The van der Waals surface area contributed by atoms with Gasteiger partial charge in [-0.3, -0.25) is 4.79 Å². The molecule has 1 aliphatic heterocycles. The Labute approximate surface area is 157 Å². The predicted octanol–water partition coefficient (Wildman–Crippen LogP) is 3.84. The number of thioether (sulfide) groups is 2. The van der Waals surface area contributed by atoms with Crippen molar-refractivity contribution >= 4 is 35.1 Å². The Morgan fingerprint density at radius 2 is 2.08 bits per heavy atom. The van der Waals surface area contributed by atoms with Crippen LogP contribution in [0.15, 0.2) is 34.3 Å². The van der Waals surface area contributed by atoms with Crippen LogP contribution in [0.25, 0.3) is 0 Å². The van der Waals surface area contributed by atoms with Gasteiger partial charge in [0.05, 0.1) is 11.4 Å². The van der Waals surface area contributed by atoms with Gasteiger partial charge in [-0.2, -0.15) is 13.2 Å². The minimum absolute atomic E-state index is 0.00277. The third-order valence-electron chi connectivity index (χ3n) is 3.96. The average molecular weight is 402 g/mol. The van der Waals surface area contributed by atoms with Gasteiger partial charge in [-0.25, -0.2) is 0 Å². The van der Waals surface area contributed by atoms with E-state index in [1.165, 1.54) is 7.05 Å². The fraction of sp³-hybridized carbons (Fsp3) is 0.438. The van der Waals surface area contributed by atoms with Crippen LogP contribution in [0.3, 0.4) is 0 Å². The molecule has 1 aliphatic rings. The van der Waals surface area contributed by atoms with Gasteiger partial charge < -0.3 is 9.47 Å². The lowest BCUT2D eigenvalue weighted by Gasteiger charge is -2.22. The number of carbonyl (C=O) groups is 1. The normalized spacial score (nSPS) is 17.7. The van der Waals surface area contributed by atoms with Crippen molar-refractivity contribution in [2.75, 3.05) is 17.2 Å². The predicted molar refractivity (Wildman–Crippen MR) is 95.5 cm³/mol. The van der Waals surface area contributed by atoms with Crippen LogP contribution in [0.4, 0.5) is 18.9 Å². The molecule has 1 aromatic heterocycles. The first kappa shape index (κ1) is 19.1. The molecule has 140 valence electrons. The molecule has 0 saturated carbocycles. The first-order valence-electron chi connectivity index (χ1n) is 7.93. The lowest BCUT2D eigenvalue weighted by atomic mass is 10.2. The van der Waals surface area contributed by atoms with Crippen molar-refractivity contribution in [3.05, 3.63) is 30.1 Å². The maximum Gasteiger partial charge on any atom is 0.451 e. The minimum Gasteiger partial charge on any atom is -0.311 e. The maximum absolute atomic E-state index is 12.8. The van der Waals surface area contributed by atoms with Crippen LogP contribution in [-0.2, 0) is 18.0 Å². The number of nitrogens with zero attached hydrogens (tertiary/aromatic N) is 4. The van der Waals surface area contributed by atoms with Crippen molar-refractivity contribution in [2.24, 2.45) is 7.05 Å². The van der Waals surface area contributed by atoms with Crippen LogP contribution < -0.4 is 4.90 Å². The highest BCUT2D eigenvalue weighted by Crippen LogP contribution is 2.37. The molecule has 0 saturated heterocycles. The van der Waals surface area contributed by atoms with Crippen molar-refractivity contribution in [3.63, 3.8) is 0 Å². The second-order valence-electron chi connectivity index (χ2n) is 5.88. The summed E-state index contributed by atoms with van der Waals surface area (Å²) in [5.74, 6) is -1.23. The van der Waals surface area contributed by atoms with Crippen molar-refractivity contribution in [3.8, 4) is 0 Å². The maximum atomic E-state index is 12.8. The molecule has 0 N–H and O–H groups in total. The van der Waals surface area contributed by atoms with Crippen molar-refractivity contribution < 1.29 is 18.0 Å². The summed E-state index contributed by atoms with van der Waals surface area (Å²) in [6, 6.07) is 7.68. The third kappa shape index (κ3) is 4.01. The molecule has 26 heavy (non-hydrogen) atoms. The van der Waals surface area contributed by atoms with Gasteiger partial charge in [0.15, 0.2) is 5.16 Å². The lowest BCUT2D eigenvalue weighted by molar-refractivity contribution is -0.147. The topological polar surface area (TPSA) is 51.0 Å². The molecule has 0 spiro atoms. The number of fused-ring (bicyclic) bond motifs is 1. The number of amides is 1. The molecule has 0 radical (unpaired) electrons. The second-order valence-corrected chi connectivity index (χ2v) is 8.30. The molecule has 5 nitrogen and oxygen atoms in total. The number of hydrogen-bond acceptors (Lipinski definition) is 5. The number of benzene rings is 1. The zero-order valence-corrected chi connectivity index (χ0v) is 15.8. The van der Waals surface area contributed by atoms with E-state index in [0.29, 0.717) is 11.8 Å². The quantitative estimate of drug-likeness (QED) is 0.730. The van der Waals surface area contributed by atoms with E-state index in [1.807, 2.05) is 24.3 Å². The lowest BCUT2D eigenvalue weighted by Crippen LogP contribution is -2.33. The molecule has 2 heterocycles. The van der Waals surface area contributed by atoms with Gasteiger partial charge in [-0.1, -0.05) is 30.8 Å². The number of halogens is 3. The number of carbonyl (C=O) groups excluding carboxylic acids is 1. The molecule has 10 heteroatoms. The Morgan fingerprint density at radius 1 is 1.35 bits per heavy atom. The van der Waals surface area contributed by atoms with Crippen LogP contribution in [-0.4, -0.2) is 38.2 Å². The average Bonchev–Trinajstić information content (AvgIpc) is 2.86. The number of aromatic nitrogens is 3. The molecule has 2 aromatic rings. The van der Waals surface area contributed by atoms with Crippen LogP contribution >= 0.6 is 23.5 Å². The van der Waals surface area contributed by atoms with Gasteiger partial charge in [0.1, 0.15) is 0 Å². The highest BCUT2D eigenvalue weighted by atomic mass is 32.2. The van der Waals surface area contributed by atoms with Gasteiger partial charge in [0.25, 0.3) is 0 Å². The summed E-state index contributed by atoms with van der Waals surface area (Å²) in [6.45, 7) is 2.69. The zero-order chi connectivity index (χ0) is 18.9. The highest BCUT2D eigenvalue weighted by molar-refractivity contribution is 8.00. The number of hydrogen-bond donors (Lipinski definition) is 0. The van der Waals surface area contributed by atoms with E-state index in [2.05, 4.69) is 17.1 Å². The Morgan fingerprint density at radius 3 is 2.77 bits per heavy atom. The van der Waals surface area contributed by atoms with Crippen LogP contribution in [0, 0.1) is 0 Å². The van der Waals surface area contributed by atoms with E-state index >= 15 is 0 Å². The Bertz CT molecular complexity index is 809. The van der Waals surface area contributed by atoms with E-state index in [4.69, 9.17) is 0 Å². The molecular weight excluding hydrogens is 385 g/mol. The fourth-order valence-corrected chi connectivity index (χ4v) is 4.54. The number of anilines is 1. The van der Waals surface area contributed by atoms with Gasteiger partial charge in [-0.05, 0) is 18.6 Å². The summed E-state index contributed by atoms with van der Waals surface area (Å²) in [4.78, 5) is 15.5. The van der Waals surface area contributed by atoms with Crippen molar-refractivity contribution in [1.29, 1.82) is 0 Å². The van der Waals surface area contributed by atoms with Gasteiger partial charge in [0.2, 0.25) is 11.7 Å². The van der Waals surface area contributed by atoms with Crippen LogP contribution in [0.1, 0.15) is 19.2 Å². The van der Waals surface area contributed by atoms with Gasteiger partial charge >= 0.3 is 6.18 Å². The SMILES string of the molecule is C[C@@H]1CCN(C(=O)CSc2nnc(C(F)(F)F)n2C)c2ccccc2S1. The molecule has 1 atom stereocenters. The Balaban J connectivity index is 1.74. The fourth-order valence-electron chi connectivity index (χ4n) is 2.64. The first-order valence-corrected chi connectivity index (χ1v) is 9.79.